The highest BCUT2D eigenvalue weighted by Crippen LogP contribution is 2.55. The van der Waals surface area contributed by atoms with Gasteiger partial charge in [-0.2, -0.15) is 0 Å². The second-order valence-electron chi connectivity index (χ2n) is 11.1. The third kappa shape index (κ3) is 3.74. The molecule has 1 aliphatic carbocycles. The molecule has 5 nitrogen and oxygen atoms in total. The predicted molar refractivity (Wildman–Crippen MR) is 154 cm³/mol. The second-order valence-corrected chi connectivity index (χ2v) is 11.1. The molecule has 0 unspecified atom stereocenters. The van der Waals surface area contributed by atoms with Crippen molar-refractivity contribution in [3.63, 3.8) is 0 Å². The first-order chi connectivity index (χ1) is 18.5. The van der Waals surface area contributed by atoms with E-state index < -0.39 is 5.54 Å². The fourth-order valence-electron chi connectivity index (χ4n) is 7.00. The van der Waals surface area contributed by atoms with Crippen LogP contribution in [0.25, 0.3) is 0 Å². The summed E-state index contributed by atoms with van der Waals surface area (Å²) in [6.07, 6.45) is 2.84. The molecule has 3 aliphatic rings. The van der Waals surface area contributed by atoms with Crippen LogP contribution in [0.5, 0.6) is 0 Å². The topological polar surface area (TPSA) is 53.6 Å². The van der Waals surface area contributed by atoms with Gasteiger partial charge in [0, 0.05) is 49.8 Å². The van der Waals surface area contributed by atoms with Crippen molar-refractivity contribution in [3.05, 3.63) is 93.0 Å². The number of amides is 1. The predicted octanol–water partition coefficient (Wildman–Crippen LogP) is 6.25. The molecule has 0 saturated carbocycles. The summed E-state index contributed by atoms with van der Waals surface area (Å²) < 4.78 is 5.69. The number of benzene rings is 3. The summed E-state index contributed by atoms with van der Waals surface area (Å²) in [7, 11) is 0. The Balaban J connectivity index is 1.65. The van der Waals surface area contributed by atoms with Crippen LogP contribution in [0.4, 0.5) is 11.4 Å². The number of ether oxygens (including phenoxy) is 1. The summed E-state index contributed by atoms with van der Waals surface area (Å²) in [5.41, 5.74) is 11.2. The molecule has 5 heteroatoms. The van der Waals surface area contributed by atoms with E-state index in [0.717, 1.165) is 63.2 Å². The van der Waals surface area contributed by atoms with E-state index in [1.54, 1.807) is 0 Å². The Hall–Kier alpha value is -3.31. The lowest BCUT2D eigenvalue weighted by molar-refractivity contribution is 0.0360. The maximum Gasteiger partial charge on any atom is 0.255 e. The minimum atomic E-state index is -0.639. The van der Waals surface area contributed by atoms with E-state index in [4.69, 9.17) is 4.74 Å². The number of fused-ring (bicyclic) bond motifs is 6. The third-order valence-electron chi connectivity index (χ3n) is 8.77. The van der Waals surface area contributed by atoms with Crippen molar-refractivity contribution in [1.29, 1.82) is 0 Å². The molecule has 38 heavy (non-hydrogen) atoms. The highest BCUT2D eigenvalue weighted by atomic mass is 16.5. The number of carbonyl (C=O) groups is 1. The van der Waals surface area contributed by atoms with Crippen LogP contribution < -0.4 is 10.6 Å². The number of hydrogen-bond donors (Lipinski definition) is 2. The van der Waals surface area contributed by atoms with Gasteiger partial charge in [0.2, 0.25) is 0 Å². The first kappa shape index (κ1) is 25.0. The van der Waals surface area contributed by atoms with Crippen molar-refractivity contribution in [1.82, 2.24) is 4.90 Å². The zero-order valence-electron chi connectivity index (χ0n) is 23.1. The molecule has 3 aromatic carbocycles. The molecule has 1 amide bonds. The maximum atomic E-state index is 14.3. The summed E-state index contributed by atoms with van der Waals surface area (Å²) in [5.74, 6) is 0.574. The van der Waals surface area contributed by atoms with Crippen LogP contribution in [-0.4, -0.2) is 43.7 Å². The van der Waals surface area contributed by atoms with Gasteiger partial charge in [0.25, 0.3) is 5.91 Å². The summed E-state index contributed by atoms with van der Waals surface area (Å²) in [6.45, 7) is 12.7. The van der Waals surface area contributed by atoms with Crippen LogP contribution in [0, 0.1) is 19.8 Å². The van der Waals surface area contributed by atoms with E-state index in [2.05, 4.69) is 79.6 Å². The van der Waals surface area contributed by atoms with Crippen molar-refractivity contribution in [2.24, 2.45) is 5.92 Å². The number of nitrogens with one attached hydrogen (secondary N) is 2. The standard InChI is InChI=1S/C33H39N3O2/c1-5-34-30-18-24-17-25-19-31(35-6-2)22(4)16-29(25)33(28(24)15-21(30)3)27-10-8-7-9-26(27)32(37)36(33)20-23-11-13-38-14-12-23/h7-10,15-16,18-19,23,34-35H,5-6,11-14,17,20H2,1-4H3. The van der Waals surface area contributed by atoms with Crippen molar-refractivity contribution >= 4 is 17.3 Å². The lowest BCUT2D eigenvalue weighted by Crippen LogP contribution is -2.50. The van der Waals surface area contributed by atoms with Gasteiger partial charge in [0.15, 0.2) is 0 Å². The summed E-state index contributed by atoms with van der Waals surface area (Å²) in [5, 5.41) is 7.14. The lowest BCUT2D eigenvalue weighted by Gasteiger charge is -2.47. The monoisotopic (exact) mass is 509 g/mol. The van der Waals surface area contributed by atoms with Gasteiger partial charge < -0.3 is 20.3 Å². The Morgan fingerprint density at radius 1 is 0.868 bits per heavy atom. The molecule has 0 radical (unpaired) electrons. The molecule has 2 aliphatic heterocycles. The SMILES string of the molecule is CCNc1cc2c(cc1C)C1(c3cc(C)c(NCC)cc3C2)c2ccccc2C(=O)N1CC1CCOCC1. The number of rotatable bonds is 6. The van der Waals surface area contributed by atoms with Crippen LogP contribution >= 0.6 is 0 Å². The molecule has 6 rings (SSSR count). The largest absolute Gasteiger partial charge is 0.385 e. The van der Waals surface area contributed by atoms with E-state index in [0.29, 0.717) is 5.92 Å². The number of hydrogen-bond acceptors (Lipinski definition) is 4. The molecule has 0 atom stereocenters. The van der Waals surface area contributed by atoms with Gasteiger partial charge in [0.1, 0.15) is 5.54 Å². The number of carbonyl (C=O) groups excluding carboxylic acids is 1. The first-order valence-electron chi connectivity index (χ1n) is 14.2. The summed E-state index contributed by atoms with van der Waals surface area (Å²) >= 11 is 0. The molecular formula is C33H39N3O2. The first-order valence-corrected chi connectivity index (χ1v) is 14.2. The van der Waals surface area contributed by atoms with E-state index in [-0.39, 0.29) is 5.91 Å². The van der Waals surface area contributed by atoms with Gasteiger partial charge in [0.05, 0.1) is 0 Å². The van der Waals surface area contributed by atoms with Crippen LogP contribution in [0.15, 0.2) is 48.5 Å². The fourth-order valence-corrected chi connectivity index (χ4v) is 7.00. The lowest BCUT2D eigenvalue weighted by atomic mass is 9.67. The Bertz CT molecular complexity index is 1330. The molecule has 3 aromatic rings. The van der Waals surface area contributed by atoms with E-state index >= 15 is 0 Å². The zero-order valence-corrected chi connectivity index (χ0v) is 23.1. The average molecular weight is 510 g/mol. The zero-order chi connectivity index (χ0) is 26.4. The highest BCUT2D eigenvalue weighted by Gasteiger charge is 2.55. The molecule has 2 N–H and O–H groups in total. The van der Waals surface area contributed by atoms with Crippen LogP contribution in [-0.2, 0) is 16.7 Å². The highest BCUT2D eigenvalue weighted by molar-refractivity contribution is 6.02. The summed E-state index contributed by atoms with van der Waals surface area (Å²) in [4.78, 5) is 16.6. The van der Waals surface area contributed by atoms with Gasteiger partial charge >= 0.3 is 0 Å². The van der Waals surface area contributed by atoms with Crippen molar-refractivity contribution < 1.29 is 9.53 Å². The smallest absolute Gasteiger partial charge is 0.255 e. The molecule has 198 valence electrons. The van der Waals surface area contributed by atoms with E-state index in [1.165, 1.54) is 44.8 Å². The van der Waals surface area contributed by atoms with Crippen LogP contribution in [0.1, 0.15) is 76.0 Å². The van der Waals surface area contributed by atoms with Crippen molar-refractivity contribution in [2.45, 2.75) is 52.5 Å². The maximum absolute atomic E-state index is 14.3. The van der Waals surface area contributed by atoms with E-state index in [1.807, 2.05) is 12.1 Å². The van der Waals surface area contributed by atoms with Crippen LogP contribution in [0.2, 0.25) is 0 Å². The van der Waals surface area contributed by atoms with Gasteiger partial charge in [-0.05, 0) is 110 Å². The Labute approximate surface area is 226 Å². The van der Waals surface area contributed by atoms with Gasteiger partial charge in [-0.15, -0.1) is 0 Å². The minimum Gasteiger partial charge on any atom is -0.385 e. The minimum absolute atomic E-state index is 0.146. The normalized spacial score (nSPS) is 17.8. The Kier molecular flexibility index (Phi) is 6.43. The molecule has 1 fully saturated rings. The Morgan fingerprint density at radius 2 is 1.45 bits per heavy atom. The number of anilines is 2. The number of nitrogens with zero attached hydrogens (tertiary/aromatic N) is 1. The molecular weight excluding hydrogens is 470 g/mol. The number of aryl methyl sites for hydroxylation is 2. The quantitative estimate of drug-likeness (QED) is 0.413. The molecule has 2 heterocycles. The van der Waals surface area contributed by atoms with Gasteiger partial charge in [-0.3, -0.25) is 4.79 Å². The third-order valence-corrected chi connectivity index (χ3v) is 8.77. The van der Waals surface area contributed by atoms with Crippen LogP contribution in [0.3, 0.4) is 0 Å². The van der Waals surface area contributed by atoms with E-state index in [9.17, 15) is 4.79 Å². The van der Waals surface area contributed by atoms with Crippen molar-refractivity contribution in [2.75, 3.05) is 43.5 Å². The second kappa shape index (κ2) is 9.77. The summed E-state index contributed by atoms with van der Waals surface area (Å²) in [6, 6.07) is 17.7. The molecule has 1 saturated heterocycles. The Morgan fingerprint density at radius 3 is 2.03 bits per heavy atom. The molecule has 0 bridgehead atoms. The fraction of sp³-hybridized carbons (Fsp3) is 0.424. The van der Waals surface area contributed by atoms with Crippen molar-refractivity contribution in [3.8, 4) is 0 Å². The average Bonchev–Trinajstić information content (AvgIpc) is 3.16. The van der Waals surface area contributed by atoms with Gasteiger partial charge in [-0.1, -0.05) is 30.3 Å². The molecule has 0 aromatic heterocycles. The van der Waals surface area contributed by atoms with Gasteiger partial charge in [-0.25, -0.2) is 0 Å². The molecule has 1 spiro atoms.